The van der Waals surface area contributed by atoms with E-state index >= 15 is 0 Å². The Balaban J connectivity index is 2.19. The van der Waals surface area contributed by atoms with E-state index in [0.717, 1.165) is 6.07 Å². The normalized spacial score (nSPS) is 11.8. The lowest BCUT2D eigenvalue weighted by molar-refractivity contribution is 0.478. The topological polar surface area (TPSA) is 85.3 Å². The highest BCUT2D eigenvalue weighted by atomic mass is 32.2. The van der Waals surface area contributed by atoms with Crippen LogP contribution in [0.1, 0.15) is 17.1 Å². The molecule has 0 atom stereocenters. The molecule has 0 aliphatic heterocycles. The molecule has 0 bridgehead atoms. The van der Waals surface area contributed by atoms with E-state index in [9.17, 15) is 17.2 Å². The van der Waals surface area contributed by atoms with Crippen molar-refractivity contribution in [2.45, 2.75) is 24.9 Å². The van der Waals surface area contributed by atoms with Gasteiger partial charge >= 0.3 is 0 Å². The first kappa shape index (κ1) is 15.6. The molecule has 5 nitrogen and oxygen atoms in total. The van der Waals surface area contributed by atoms with Gasteiger partial charge in [-0.15, -0.1) is 0 Å². The lowest BCUT2D eigenvalue weighted by Gasteiger charge is -2.06. The molecule has 0 spiro atoms. The maximum absolute atomic E-state index is 13.5. The van der Waals surface area contributed by atoms with Crippen LogP contribution in [0.15, 0.2) is 33.6 Å². The molecular formula is C13H14F2N2O3S. The summed E-state index contributed by atoms with van der Waals surface area (Å²) in [5, 5.41) is 0. The third-order valence-electron chi connectivity index (χ3n) is 2.88. The number of hydrogen-bond donors (Lipinski definition) is 2. The highest BCUT2D eigenvalue weighted by Gasteiger charge is 2.21. The zero-order valence-corrected chi connectivity index (χ0v) is 12.0. The summed E-state index contributed by atoms with van der Waals surface area (Å²) in [7, 11) is -3.87. The Bertz CT molecular complexity index is 757. The first-order valence-corrected chi connectivity index (χ1v) is 7.55. The predicted octanol–water partition coefficient (Wildman–Crippen LogP) is 1.80. The van der Waals surface area contributed by atoms with Gasteiger partial charge in [0, 0.05) is 24.2 Å². The van der Waals surface area contributed by atoms with Gasteiger partial charge in [-0.05, 0) is 13.0 Å². The van der Waals surface area contributed by atoms with Crippen LogP contribution in [0.5, 0.6) is 0 Å². The molecule has 114 valence electrons. The lowest BCUT2D eigenvalue weighted by atomic mass is 10.2. The first-order chi connectivity index (χ1) is 9.83. The van der Waals surface area contributed by atoms with Crippen molar-refractivity contribution in [3.8, 4) is 0 Å². The molecule has 8 heteroatoms. The molecule has 0 fully saturated rings. The van der Waals surface area contributed by atoms with Gasteiger partial charge < -0.3 is 10.2 Å². The van der Waals surface area contributed by atoms with Gasteiger partial charge in [0.1, 0.15) is 28.1 Å². The SMILES string of the molecule is Cc1oc(CN)cc1S(=O)(=O)NCc1ccc(F)cc1F. The Hall–Kier alpha value is -1.77. The fourth-order valence-electron chi connectivity index (χ4n) is 1.81. The van der Waals surface area contributed by atoms with Crippen LogP contribution in [0, 0.1) is 18.6 Å². The number of sulfonamides is 1. The van der Waals surface area contributed by atoms with Crippen molar-refractivity contribution in [1.82, 2.24) is 4.72 Å². The summed E-state index contributed by atoms with van der Waals surface area (Å²) in [6, 6.07) is 4.25. The fourth-order valence-corrected chi connectivity index (χ4v) is 3.01. The summed E-state index contributed by atoms with van der Waals surface area (Å²) in [6.45, 7) is 1.27. The third-order valence-corrected chi connectivity index (χ3v) is 4.39. The van der Waals surface area contributed by atoms with Gasteiger partial charge in [0.05, 0.1) is 6.54 Å². The van der Waals surface area contributed by atoms with Crippen LogP contribution in [0.4, 0.5) is 8.78 Å². The van der Waals surface area contributed by atoms with Crippen LogP contribution in [-0.4, -0.2) is 8.42 Å². The molecule has 0 saturated carbocycles. The Labute approximate surface area is 120 Å². The van der Waals surface area contributed by atoms with Crippen molar-refractivity contribution in [3.05, 3.63) is 53.0 Å². The largest absolute Gasteiger partial charge is 0.464 e. The van der Waals surface area contributed by atoms with Gasteiger partial charge in [-0.25, -0.2) is 21.9 Å². The van der Waals surface area contributed by atoms with Crippen molar-refractivity contribution in [1.29, 1.82) is 0 Å². The molecule has 2 aromatic rings. The van der Waals surface area contributed by atoms with E-state index in [1.807, 2.05) is 0 Å². The minimum Gasteiger partial charge on any atom is -0.464 e. The Morgan fingerprint density at radius 3 is 2.57 bits per heavy atom. The van der Waals surface area contributed by atoms with Crippen LogP contribution < -0.4 is 10.5 Å². The molecule has 0 amide bonds. The van der Waals surface area contributed by atoms with Crippen LogP contribution in [0.2, 0.25) is 0 Å². The zero-order valence-electron chi connectivity index (χ0n) is 11.2. The molecule has 0 saturated heterocycles. The molecule has 3 N–H and O–H groups in total. The average Bonchev–Trinajstić information content (AvgIpc) is 2.80. The Morgan fingerprint density at radius 2 is 2.00 bits per heavy atom. The van der Waals surface area contributed by atoms with E-state index < -0.39 is 21.7 Å². The number of furan rings is 1. The number of nitrogens with one attached hydrogen (secondary N) is 1. The second-order valence-electron chi connectivity index (χ2n) is 4.40. The zero-order chi connectivity index (χ0) is 15.6. The van der Waals surface area contributed by atoms with Crippen LogP contribution in [-0.2, 0) is 23.1 Å². The smallest absolute Gasteiger partial charge is 0.244 e. The molecule has 0 aliphatic carbocycles. The standard InChI is InChI=1S/C13H14F2N2O3S/c1-8-13(5-11(6-16)20-8)21(18,19)17-7-9-2-3-10(14)4-12(9)15/h2-5,17H,6-7,16H2,1H3. The van der Waals surface area contributed by atoms with Gasteiger partial charge in [0.2, 0.25) is 10.0 Å². The third kappa shape index (κ3) is 3.46. The number of hydrogen-bond acceptors (Lipinski definition) is 4. The highest BCUT2D eigenvalue weighted by Crippen LogP contribution is 2.20. The van der Waals surface area contributed by atoms with Gasteiger partial charge in [-0.3, -0.25) is 0 Å². The van der Waals surface area contributed by atoms with Gasteiger partial charge in [-0.2, -0.15) is 0 Å². The van der Waals surface area contributed by atoms with Gasteiger partial charge in [0.25, 0.3) is 0 Å². The van der Waals surface area contributed by atoms with E-state index in [1.54, 1.807) is 0 Å². The van der Waals surface area contributed by atoms with E-state index in [2.05, 4.69) is 4.72 Å². The summed E-state index contributed by atoms with van der Waals surface area (Å²) < 4.78 is 57.9. The second kappa shape index (κ2) is 5.92. The molecule has 1 heterocycles. The summed E-state index contributed by atoms with van der Waals surface area (Å²) in [5.41, 5.74) is 5.42. The quantitative estimate of drug-likeness (QED) is 0.881. The number of nitrogens with two attached hydrogens (primary N) is 1. The number of halogens is 2. The number of rotatable bonds is 5. The summed E-state index contributed by atoms with van der Waals surface area (Å²) in [4.78, 5) is -0.0505. The Kier molecular flexibility index (Phi) is 4.40. The van der Waals surface area contributed by atoms with Crippen molar-refractivity contribution in [3.63, 3.8) is 0 Å². The van der Waals surface area contributed by atoms with Crippen molar-refractivity contribution < 1.29 is 21.6 Å². The predicted molar refractivity (Wildman–Crippen MR) is 71.7 cm³/mol. The molecule has 0 unspecified atom stereocenters. The molecule has 1 aromatic carbocycles. The maximum atomic E-state index is 13.5. The fraction of sp³-hybridized carbons (Fsp3) is 0.231. The molecule has 21 heavy (non-hydrogen) atoms. The highest BCUT2D eigenvalue weighted by molar-refractivity contribution is 7.89. The van der Waals surface area contributed by atoms with E-state index in [0.29, 0.717) is 11.8 Å². The van der Waals surface area contributed by atoms with Gasteiger partial charge in [-0.1, -0.05) is 6.07 Å². The Morgan fingerprint density at radius 1 is 1.29 bits per heavy atom. The monoisotopic (exact) mass is 316 g/mol. The van der Waals surface area contributed by atoms with E-state index in [1.165, 1.54) is 19.1 Å². The lowest BCUT2D eigenvalue weighted by Crippen LogP contribution is -2.24. The molecule has 2 rings (SSSR count). The van der Waals surface area contributed by atoms with Crippen molar-refractivity contribution >= 4 is 10.0 Å². The molecule has 1 aromatic heterocycles. The minimum absolute atomic E-state index is 0.0418. The van der Waals surface area contributed by atoms with E-state index in [-0.39, 0.29) is 29.3 Å². The van der Waals surface area contributed by atoms with Crippen LogP contribution in [0.25, 0.3) is 0 Å². The van der Waals surface area contributed by atoms with Gasteiger partial charge in [0.15, 0.2) is 0 Å². The molecular weight excluding hydrogens is 302 g/mol. The number of benzene rings is 1. The summed E-state index contributed by atoms with van der Waals surface area (Å²) in [6.07, 6.45) is 0. The van der Waals surface area contributed by atoms with Crippen LogP contribution >= 0.6 is 0 Å². The maximum Gasteiger partial charge on any atom is 0.244 e. The number of aryl methyl sites for hydroxylation is 1. The summed E-state index contributed by atoms with van der Waals surface area (Å²) in [5.74, 6) is -1.01. The average molecular weight is 316 g/mol. The van der Waals surface area contributed by atoms with Crippen molar-refractivity contribution in [2.24, 2.45) is 5.73 Å². The molecule has 0 aliphatic rings. The first-order valence-electron chi connectivity index (χ1n) is 6.06. The molecule has 0 radical (unpaired) electrons. The minimum atomic E-state index is -3.87. The summed E-state index contributed by atoms with van der Waals surface area (Å²) >= 11 is 0. The van der Waals surface area contributed by atoms with Crippen molar-refractivity contribution in [2.75, 3.05) is 0 Å². The second-order valence-corrected chi connectivity index (χ2v) is 6.13. The van der Waals surface area contributed by atoms with E-state index in [4.69, 9.17) is 10.2 Å². The van der Waals surface area contributed by atoms with Crippen LogP contribution in [0.3, 0.4) is 0 Å².